The van der Waals surface area contributed by atoms with Gasteiger partial charge in [-0.1, -0.05) is 24.3 Å². The third-order valence-electron chi connectivity index (χ3n) is 1.78. The Morgan fingerprint density at radius 3 is 2.69 bits per heavy atom. The lowest BCUT2D eigenvalue weighted by molar-refractivity contribution is 0.112. The Labute approximate surface area is 77.8 Å². The van der Waals surface area contributed by atoms with Gasteiger partial charge < -0.3 is 4.74 Å². The summed E-state index contributed by atoms with van der Waals surface area (Å²) in [5.41, 5.74) is 1.49. The van der Waals surface area contributed by atoms with Crippen molar-refractivity contribution in [3.05, 3.63) is 35.4 Å². The summed E-state index contributed by atoms with van der Waals surface area (Å²) in [4.78, 5) is 10.8. The van der Waals surface area contributed by atoms with Gasteiger partial charge in [0.05, 0.1) is 12.7 Å². The standard InChI is InChI=1S/C11H12O2/c1-3-5-9-6-4-7-11(13-2)10(9)8-12/h3-8H,1-2H3/b5-3+. The number of benzene rings is 1. The van der Waals surface area contributed by atoms with E-state index < -0.39 is 0 Å². The number of rotatable bonds is 3. The predicted octanol–water partition coefficient (Wildman–Crippen LogP) is 2.54. The van der Waals surface area contributed by atoms with Crippen molar-refractivity contribution in [3.8, 4) is 5.75 Å². The predicted molar refractivity (Wildman–Crippen MR) is 53.1 cm³/mol. The van der Waals surface area contributed by atoms with Crippen LogP contribution >= 0.6 is 0 Å². The molecule has 0 heterocycles. The Kier molecular flexibility index (Phi) is 3.26. The molecule has 0 spiro atoms. The third kappa shape index (κ3) is 1.96. The molecular weight excluding hydrogens is 164 g/mol. The van der Waals surface area contributed by atoms with Crippen molar-refractivity contribution in [1.29, 1.82) is 0 Å². The minimum Gasteiger partial charge on any atom is -0.496 e. The smallest absolute Gasteiger partial charge is 0.154 e. The summed E-state index contributed by atoms with van der Waals surface area (Å²) >= 11 is 0. The van der Waals surface area contributed by atoms with Gasteiger partial charge in [0, 0.05) is 0 Å². The molecule has 0 atom stereocenters. The first-order valence-corrected chi connectivity index (χ1v) is 4.08. The van der Waals surface area contributed by atoms with Crippen molar-refractivity contribution >= 4 is 12.4 Å². The fraction of sp³-hybridized carbons (Fsp3) is 0.182. The van der Waals surface area contributed by atoms with Crippen LogP contribution in [0.25, 0.3) is 6.08 Å². The van der Waals surface area contributed by atoms with Crippen molar-refractivity contribution in [3.63, 3.8) is 0 Å². The van der Waals surface area contributed by atoms with Crippen LogP contribution in [0.5, 0.6) is 5.75 Å². The summed E-state index contributed by atoms with van der Waals surface area (Å²) in [6.45, 7) is 1.91. The average Bonchev–Trinajstić information content (AvgIpc) is 2.18. The largest absolute Gasteiger partial charge is 0.496 e. The number of hydrogen-bond acceptors (Lipinski definition) is 2. The molecule has 0 N–H and O–H groups in total. The van der Waals surface area contributed by atoms with Crippen LogP contribution < -0.4 is 4.74 Å². The second kappa shape index (κ2) is 4.45. The molecule has 2 heteroatoms. The van der Waals surface area contributed by atoms with Gasteiger partial charge in [0.1, 0.15) is 5.75 Å². The molecule has 1 rings (SSSR count). The molecule has 0 aromatic heterocycles. The number of carbonyl (C=O) groups is 1. The summed E-state index contributed by atoms with van der Waals surface area (Å²) < 4.78 is 5.06. The molecule has 0 saturated carbocycles. The number of ether oxygens (including phenoxy) is 1. The molecule has 0 bridgehead atoms. The molecule has 0 fully saturated rings. The van der Waals surface area contributed by atoms with E-state index in [0.717, 1.165) is 11.8 Å². The fourth-order valence-corrected chi connectivity index (χ4v) is 1.19. The quantitative estimate of drug-likeness (QED) is 0.661. The number of carbonyl (C=O) groups excluding carboxylic acids is 1. The Morgan fingerprint density at radius 1 is 1.38 bits per heavy atom. The maximum Gasteiger partial charge on any atom is 0.154 e. The van der Waals surface area contributed by atoms with Crippen LogP contribution in [-0.4, -0.2) is 13.4 Å². The number of allylic oxidation sites excluding steroid dienone is 1. The zero-order valence-electron chi connectivity index (χ0n) is 7.78. The van der Waals surface area contributed by atoms with E-state index in [1.807, 2.05) is 31.2 Å². The normalized spacial score (nSPS) is 10.3. The van der Waals surface area contributed by atoms with Crippen molar-refractivity contribution in [2.24, 2.45) is 0 Å². The fourth-order valence-electron chi connectivity index (χ4n) is 1.19. The van der Waals surface area contributed by atoms with E-state index >= 15 is 0 Å². The summed E-state index contributed by atoms with van der Waals surface area (Å²) in [6.07, 6.45) is 4.59. The maximum atomic E-state index is 10.8. The lowest BCUT2D eigenvalue weighted by atomic mass is 10.1. The first-order valence-electron chi connectivity index (χ1n) is 4.08. The average molecular weight is 176 g/mol. The van der Waals surface area contributed by atoms with E-state index in [9.17, 15) is 4.79 Å². The molecule has 68 valence electrons. The van der Waals surface area contributed by atoms with E-state index in [4.69, 9.17) is 4.74 Å². The molecule has 0 aliphatic rings. The SMILES string of the molecule is C/C=C/c1cccc(OC)c1C=O. The molecule has 0 amide bonds. The van der Waals surface area contributed by atoms with Gasteiger partial charge in [0.2, 0.25) is 0 Å². The van der Waals surface area contributed by atoms with Crippen LogP contribution in [-0.2, 0) is 0 Å². The van der Waals surface area contributed by atoms with Crippen molar-refractivity contribution in [2.45, 2.75) is 6.92 Å². The van der Waals surface area contributed by atoms with E-state index in [-0.39, 0.29) is 0 Å². The van der Waals surface area contributed by atoms with Crippen LogP contribution in [0.4, 0.5) is 0 Å². The lowest BCUT2D eigenvalue weighted by Crippen LogP contribution is -1.92. The highest BCUT2D eigenvalue weighted by molar-refractivity contribution is 5.85. The van der Waals surface area contributed by atoms with Gasteiger partial charge >= 0.3 is 0 Å². The third-order valence-corrected chi connectivity index (χ3v) is 1.78. The van der Waals surface area contributed by atoms with Crippen molar-refractivity contribution in [1.82, 2.24) is 0 Å². The van der Waals surface area contributed by atoms with E-state index in [1.54, 1.807) is 13.2 Å². The van der Waals surface area contributed by atoms with Crippen LogP contribution in [0.1, 0.15) is 22.8 Å². The van der Waals surface area contributed by atoms with Gasteiger partial charge in [-0.05, 0) is 18.6 Å². The minimum atomic E-state index is 0.600. The Hall–Kier alpha value is -1.57. The summed E-state index contributed by atoms with van der Waals surface area (Å²) in [5, 5.41) is 0. The summed E-state index contributed by atoms with van der Waals surface area (Å²) in [5.74, 6) is 0.616. The van der Waals surface area contributed by atoms with Gasteiger partial charge in [-0.2, -0.15) is 0 Å². The first-order chi connectivity index (χ1) is 6.33. The van der Waals surface area contributed by atoms with Gasteiger partial charge in [-0.3, -0.25) is 4.79 Å². The van der Waals surface area contributed by atoms with Gasteiger partial charge in [-0.25, -0.2) is 0 Å². The maximum absolute atomic E-state index is 10.8. The second-order valence-corrected chi connectivity index (χ2v) is 2.58. The zero-order chi connectivity index (χ0) is 9.68. The number of aldehydes is 1. The Balaban J connectivity index is 3.26. The van der Waals surface area contributed by atoms with Crippen molar-refractivity contribution in [2.75, 3.05) is 7.11 Å². The van der Waals surface area contributed by atoms with Crippen LogP contribution in [0, 0.1) is 0 Å². The molecule has 1 aromatic carbocycles. The van der Waals surface area contributed by atoms with Crippen molar-refractivity contribution < 1.29 is 9.53 Å². The van der Waals surface area contributed by atoms with E-state index in [0.29, 0.717) is 11.3 Å². The molecular formula is C11H12O2. The molecule has 0 aliphatic heterocycles. The topological polar surface area (TPSA) is 26.3 Å². The number of hydrogen-bond donors (Lipinski definition) is 0. The lowest BCUT2D eigenvalue weighted by Gasteiger charge is -2.05. The molecule has 1 aromatic rings. The molecule has 0 aliphatic carbocycles. The molecule has 0 radical (unpaired) electrons. The summed E-state index contributed by atoms with van der Waals surface area (Å²) in [7, 11) is 1.56. The van der Waals surface area contributed by atoms with Crippen LogP contribution in [0.2, 0.25) is 0 Å². The van der Waals surface area contributed by atoms with Gasteiger partial charge in [0.25, 0.3) is 0 Å². The van der Waals surface area contributed by atoms with E-state index in [1.165, 1.54) is 0 Å². The minimum absolute atomic E-state index is 0.600. The highest BCUT2D eigenvalue weighted by Crippen LogP contribution is 2.20. The second-order valence-electron chi connectivity index (χ2n) is 2.58. The zero-order valence-corrected chi connectivity index (χ0v) is 7.78. The Bertz CT molecular complexity index is 327. The summed E-state index contributed by atoms with van der Waals surface area (Å²) in [6, 6.07) is 5.52. The number of methoxy groups -OCH3 is 1. The molecule has 0 saturated heterocycles. The monoisotopic (exact) mass is 176 g/mol. The highest BCUT2D eigenvalue weighted by Gasteiger charge is 2.04. The van der Waals surface area contributed by atoms with Gasteiger partial charge in [0.15, 0.2) is 6.29 Å². The molecule has 0 unspecified atom stereocenters. The Morgan fingerprint density at radius 2 is 2.15 bits per heavy atom. The van der Waals surface area contributed by atoms with E-state index in [2.05, 4.69) is 0 Å². The van der Waals surface area contributed by atoms with Gasteiger partial charge in [-0.15, -0.1) is 0 Å². The highest BCUT2D eigenvalue weighted by atomic mass is 16.5. The van der Waals surface area contributed by atoms with Crippen LogP contribution in [0.3, 0.4) is 0 Å². The first kappa shape index (κ1) is 9.52. The molecule has 2 nitrogen and oxygen atoms in total. The van der Waals surface area contributed by atoms with Crippen LogP contribution in [0.15, 0.2) is 24.3 Å². The molecule has 13 heavy (non-hydrogen) atoms.